The predicted octanol–water partition coefficient (Wildman–Crippen LogP) is 1.69. The minimum Gasteiger partial charge on any atom is -0.356 e. The third-order valence-corrected chi connectivity index (χ3v) is 2.57. The van der Waals surface area contributed by atoms with Crippen molar-refractivity contribution in [1.29, 1.82) is 0 Å². The maximum absolute atomic E-state index is 4.14. The van der Waals surface area contributed by atoms with E-state index < -0.39 is 0 Å². The monoisotopic (exact) mass is 207 g/mol. The smallest absolute Gasteiger partial charge is 0.191 e. The van der Waals surface area contributed by atoms with Crippen LogP contribution >= 0.6 is 0 Å². The molecule has 0 spiro atoms. The highest BCUT2D eigenvalue weighted by molar-refractivity contribution is 5.79. The molecule has 3 heteroatoms. The summed E-state index contributed by atoms with van der Waals surface area (Å²) >= 11 is 0. The van der Waals surface area contributed by atoms with Gasteiger partial charge in [0.15, 0.2) is 5.96 Å². The third kappa shape index (κ3) is 4.68. The van der Waals surface area contributed by atoms with E-state index in [2.05, 4.69) is 34.4 Å². The summed E-state index contributed by atoms with van der Waals surface area (Å²) in [6, 6.07) is 0. The van der Waals surface area contributed by atoms with Crippen LogP contribution < -0.4 is 10.6 Å². The van der Waals surface area contributed by atoms with Crippen molar-refractivity contribution in [3.05, 3.63) is 24.8 Å². The Morgan fingerprint density at radius 2 is 2.40 bits per heavy atom. The van der Waals surface area contributed by atoms with Crippen LogP contribution in [0.3, 0.4) is 0 Å². The van der Waals surface area contributed by atoms with Gasteiger partial charge in [-0.15, -0.1) is 6.58 Å². The van der Waals surface area contributed by atoms with Gasteiger partial charge in [0.25, 0.3) is 0 Å². The maximum Gasteiger partial charge on any atom is 0.191 e. The van der Waals surface area contributed by atoms with Crippen LogP contribution in [-0.2, 0) is 0 Å². The molecule has 0 amide bonds. The van der Waals surface area contributed by atoms with Crippen LogP contribution in [0, 0.1) is 5.92 Å². The van der Waals surface area contributed by atoms with Gasteiger partial charge in [0.1, 0.15) is 0 Å². The van der Waals surface area contributed by atoms with Crippen LogP contribution in [0.4, 0.5) is 0 Å². The van der Waals surface area contributed by atoms with E-state index in [1.807, 2.05) is 6.08 Å². The van der Waals surface area contributed by atoms with E-state index in [4.69, 9.17) is 0 Å². The summed E-state index contributed by atoms with van der Waals surface area (Å²) in [5, 5.41) is 6.49. The number of nitrogens with zero attached hydrogens (tertiary/aromatic N) is 1. The fourth-order valence-corrected chi connectivity index (χ4v) is 1.67. The largest absolute Gasteiger partial charge is 0.356 e. The molecule has 0 fully saturated rings. The first-order chi connectivity index (χ1) is 7.36. The Bertz CT molecular complexity index is 243. The summed E-state index contributed by atoms with van der Waals surface area (Å²) in [5.74, 6) is 1.61. The molecule has 0 bridgehead atoms. The van der Waals surface area contributed by atoms with Gasteiger partial charge in [-0.3, -0.25) is 4.99 Å². The zero-order chi connectivity index (χ0) is 10.9. The number of allylic oxidation sites excluding steroid dienone is 2. The molecule has 0 radical (unpaired) electrons. The summed E-state index contributed by atoms with van der Waals surface area (Å²) in [4.78, 5) is 4.14. The Hall–Kier alpha value is -1.25. The van der Waals surface area contributed by atoms with Gasteiger partial charge in [0, 0.05) is 20.1 Å². The van der Waals surface area contributed by atoms with Crippen molar-refractivity contribution in [3.63, 3.8) is 0 Å². The van der Waals surface area contributed by atoms with E-state index in [0.29, 0.717) is 0 Å². The van der Waals surface area contributed by atoms with E-state index in [-0.39, 0.29) is 0 Å². The van der Waals surface area contributed by atoms with Gasteiger partial charge >= 0.3 is 0 Å². The second-order valence-corrected chi connectivity index (χ2v) is 3.77. The molecule has 0 heterocycles. The van der Waals surface area contributed by atoms with E-state index >= 15 is 0 Å². The standard InChI is InChI=1S/C12H21N3/c1-3-9-14-12(13-2)15-10-11-7-5-4-6-8-11/h3-5,11H,1,6-10H2,2H3,(H2,13,14,15). The second kappa shape index (κ2) is 7.10. The Morgan fingerprint density at radius 1 is 1.53 bits per heavy atom. The van der Waals surface area contributed by atoms with Crippen LogP contribution in [0.15, 0.2) is 29.8 Å². The van der Waals surface area contributed by atoms with E-state index in [1.54, 1.807) is 7.05 Å². The van der Waals surface area contributed by atoms with E-state index in [0.717, 1.165) is 25.0 Å². The average molecular weight is 207 g/mol. The molecule has 0 saturated carbocycles. The zero-order valence-corrected chi connectivity index (χ0v) is 9.50. The van der Waals surface area contributed by atoms with Crippen molar-refractivity contribution in [3.8, 4) is 0 Å². The van der Waals surface area contributed by atoms with E-state index in [9.17, 15) is 0 Å². The van der Waals surface area contributed by atoms with Crippen LogP contribution in [0.25, 0.3) is 0 Å². The number of hydrogen-bond acceptors (Lipinski definition) is 1. The summed E-state index contributed by atoms with van der Waals surface area (Å²) in [6.45, 7) is 5.42. The fraction of sp³-hybridized carbons (Fsp3) is 0.583. The van der Waals surface area contributed by atoms with Crippen molar-refractivity contribution < 1.29 is 0 Å². The average Bonchev–Trinajstić information content (AvgIpc) is 2.31. The highest BCUT2D eigenvalue weighted by atomic mass is 15.2. The SMILES string of the molecule is C=CCNC(=NC)NCC1CC=CCC1. The van der Waals surface area contributed by atoms with Crippen molar-refractivity contribution in [2.24, 2.45) is 10.9 Å². The molecule has 0 aromatic rings. The van der Waals surface area contributed by atoms with Gasteiger partial charge in [-0.1, -0.05) is 18.2 Å². The molecule has 2 N–H and O–H groups in total. The maximum atomic E-state index is 4.14. The van der Waals surface area contributed by atoms with Crippen LogP contribution in [-0.4, -0.2) is 26.1 Å². The minimum atomic E-state index is 0.747. The number of aliphatic imine (C=N–C) groups is 1. The molecule has 0 saturated heterocycles. The molecule has 1 atom stereocenters. The molecule has 1 aliphatic rings. The third-order valence-electron chi connectivity index (χ3n) is 2.57. The first-order valence-corrected chi connectivity index (χ1v) is 5.57. The second-order valence-electron chi connectivity index (χ2n) is 3.77. The Kier molecular flexibility index (Phi) is 5.59. The van der Waals surface area contributed by atoms with Gasteiger partial charge < -0.3 is 10.6 Å². The number of nitrogens with one attached hydrogen (secondary N) is 2. The molecular weight excluding hydrogens is 186 g/mol. The van der Waals surface area contributed by atoms with Gasteiger partial charge in [-0.25, -0.2) is 0 Å². The number of hydrogen-bond donors (Lipinski definition) is 2. The summed E-state index contributed by atoms with van der Waals surface area (Å²) in [5.41, 5.74) is 0. The Balaban J connectivity index is 2.21. The van der Waals surface area contributed by atoms with Crippen molar-refractivity contribution in [1.82, 2.24) is 10.6 Å². The Labute approximate surface area is 92.4 Å². The highest BCUT2D eigenvalue weighted by Gasteiger charge is 2.09. The summed E-state index contributed by atoms with van der Waals surface area (Å²) in [6.07, 6.45) is 10.0. The molecule has 1 unspecified atom stereocenters. The number of rotatable bonds is 4. The fourth-order valence-electron chi connectivity index (χ4n) is 1.67. The van der Waals surface area contributed by atoms with Crippen LogP contribution in [0.1, 0.15) is 19.3 Å². The zero-order valence-electron chi connectivity index (χ0n) is 9.50. The molecule has 1 rings (SSSR count). The lowest BCUT2D eigenvalue weighted by atomic mass is 9.94. The minimum absolute atomic E-state index is 0.747. The van der Waals surface area contributed by atoms with Crippen molar-refractivity contribution in [2.45, 2.75) is 19.3 Å². The van der Waals surface area contributed by atoms with Crippen LogP contribution in [0.2, 0.25) is 0 Å². The molecule has 0 aromatic heterocycles. The number of guanidine groups is 1. The lowest BCUT2D eigenvalue weighted by Crippen LogP contribution is -2.39. The Morgan fingerprint density at radius 3 is 3.00 bits per heavy atom. The lowest BCUT2D eigenvalue weighted by Gasteiger charge is -2.19. The summed E-state index contributed by atoms with van der Waals surface area (Å²) in [7, 11) is 1.79. The molecule has 0 aliphatic heterocycles. The first kappa shape index (κ1) is 11.8. The summed E-state index contributed by atoms with van der Waals surface area (Å²) < 4.78 is 0. The molecular formula is C12H21N3. The quantitative estimate of drug-likeness (QED) is 0.418. The van der Waals surface area contributed by atoms with Crippen LogP contribution in [0.5, 0.6) is 0 Å². The van der Waals surface area contributed by atoms with Gasteiger partial charge in [0.2, 0.25) is 0 Å². The normalized spacial score (nSPS) is 21.1. The molecule has 3 nitrogen and oxygen atoms in total. The van der Waals surface area contributed by atoms with Gasteiger partial charge in [-0.2, -0.15) is 0 Å². The molecule has 15 heavy (non-hydrogen) atoms. The molecule has 0 aromatic carbocycles. The highest BCUT2D eigenvalue weighted by Crippen LogP contribution is 2.16. The predicted molar refractivity (Wildman–Crippen MR) is 66.0 cm³/mol. The molecule has 1 aliphatic carbocycles. The topological polar surface area (TPSA) is 36.4 Å². The lowest BCUT2D eigenvalue weighted by molar-refractivity contribution is 0.470. The van der Waals surface area contributed by atoms with Gasteiger partial charge in [-0.05, 0) is 25.2 Å². The molecule has 84 valence electrons. The first-order valence-electron chi connectivity index (χ1n) is 5.57. The van der Waals surface area contributed by atoms with Crippen molar-refractivity contribution >= 4 is 5.96 Å². The van der Waals surface area contributed by atoms with E-state index in [1.165, 1.54) is 19.3 Å². The van der Waals surface area contributed by atoms with Crippen molar-refractivity contribution in [2.75, 3.05) is 20.1 Å². The van der Waals surface area contributed by atoms with Gasteiger partial charge in [0.05, 0.1) is 0 Å².